The van der Waals surface area contributed by atoms with Crippen LogP contribution in [0.2, 0.25) is 0 Å². The summed E-state index contributed by atoms with van der Waals surface area (Å²) in [6.45, 7) is 5.76. The zero-order valence-electron chi connectivity index (χ0n) is 14.5. The number of hydrogen-bond acceptors (Lipinski definition) is 4. The predicted octanol–water partition coefficient (Wildman–Crippen LogP) is 2.04. The smallest absolute Gasteiger partial charge is 0.319 e. The zero-order valence-corrected chi connectivity index (χ0v) is 14.5. The van der Waals surface area contributed by atoms with Crippen LogP contribution in [0.5, 0.6) is 5.75 Å². The van der Waals surface area contributed by atoms with Crippen molar-refractivity contribution in [2.24, 2.45) is 5.73 Å². The second-order valence-electron chi connectivity index (χ2n) is 5.95. The van der Waals surface area contributed by atoms with Crippen LogP contribution in [-0.4, -0.2) is 27.8 Å². The maximum atomic E-state index is 12.1. The monoisotopic (exact) mass is 345 g/mol. The molecular formula is C17H23N5O3. The molecule has 1 aromatic carbocycles. The summed E-state index contributed by atoms with van der Waals surface area (Å²) >= 11 is 0. The summed E-state index contributed by atoms with van der Waals surface area (Å²) in [5.41, 5.74) is 6.50. The molecule has 8 nitrogen and oxygen atoms in total. The molecule has 0 saturated heterocycles. The van der Waals surface area contributed by atoms with Crippen LogP contribution in [0.1, 0.15) is 32.4 Å². The average molecular weight is 345 g/mol. The molecule has 1 atom stereocenters. The van der Waals surface area contributed by atoms with Gasteiger partial charge in [-0.1, -0.05) is 12.1 Å². The molecule has 2 aromatic rings. The molecule has 1 heterocycles. The molecule has 4 N–H and O–H groups in total. The fourth-order valence-corrected chi connectivity index (χ4v) is 2.25. The first kappa shape index (κ1) is 18.3. The van der Waals surface area contributed by atoms with E-state index >= 15 is 0 Å². The van der Waals surface area contributed by atoms with Gasteiger partial charge in [-0.25, -0.2) is 4.79 Å². The third-order valence-electron chi connectivity index (χ3n) is 3.29. The number of primary amides is 1. The van der Waals surface area contributed by atoms with Gasteiger partial charge in [-0.2, -0.15) is 5.10 Å². The largest absolute Gasteiger partial charge is 0.491 e. The van der Waals surface area contributed by atoms with Crippen LogP contribution in [0.3, 0.4) is 0 Å². The number of aromatic nitrogens is 2. The van der Waals surface area contributed by atoms with Crippen LogP contribution >= 0.6 is 0 Å². The predicted molar refractivity (Wildman–Crippen MR) is 94.2 cm³/mol. The minimum absolute atomic E-state index is 0.0393. The van der Waals surface area contributed by atoms with Crippen LogP contribution < -0.4 is 21.1 Å². The number of ether oxygens (including phenoxy) is 1. The molecule has 0 saturated carbocycles. The average Bonchev–Trinajstić information content (AvgIpc) is 2.92. The number of amides is 3. The van der Waals surface area contributed by atoms with Crippen LogP contribution in [0.15, 0.2) is 36.7 Å². The minimum atomic E-state index is -0.503. The lowest BCUT2D eigenvalue weighted by atomic mass is 10.1. The summed E-state index contributed by atoms with van der Waals surface area (Å²) in [7, 11) is 0. The Bertz CT molecular complexity index is 741. The number of anilines is 1. The highest BCUT2D eigenvalue weighted by Gasteiger charge is 2.12. The van der Waals surface area contributed by atoms with Crippen LogP contribution in [-0.2, 0) is 11.3 Å². The molecule has 0 aliphatic heterocycles. The Labute approximate surface area is 146 Å². The van der Waals surface area contributed by atoms with Gasteiger partial charge in [0.15, 0.2) is 0 Å². The normalized spacial score (nSPS) is 11.8. The minimum Gasteiger partial charge on any atom is -0.491 e. The van der Waals surface area contributed by atoms with Crippen molar-refractivity contribution < 1.29 is 14.3 Å². The Morgan fingerprint density at radius 1 is 1.32 bits per heavy atom. The van der Waals surface area contributed by atoms with Crippen molar-refractivity contribution in [2.45, 2.75) is 39.5 Å². The number of hydrogen-bond donors (Lipinski definition) is 3. The molecule has 0 spiro atoms. The number of carbonyl (C=O) groups is 2. The van der Waals surface area contributed by atoms with Crippen molar-refractivity contribution in [3.8, 4) is 5.75 Å². The molecule has 0 aliphatic carbocycles. The van der Waals surface area contributed by atoms with Gasteiger partial charge in [-0.15, -0.1) is 0 Å². The molecular weight excluding hydrogens is 322 g/mol. The van der Waals surface area contributed by atoms with Crippen molar-refractivity contribution in [2.75, 3.05) is 5.32 Å². The molecule has 134 valence electrons. The van der Waals surface area contributed by atoms with Gasteiger partial charge in [0.2, 0.25) is 5.91 Å². The topological polar surface area (TPSA) is 111 Å². The third-order valence-corrected chi connectivity index (χ3v) is 3.29. The maximum Gasteiger partial charge on any atom is 0.319 e. The highest BCUT2D eigenvalue weighted by atomic mass is 16.5. The van der Waals surface area contributed by atoms with Crippen molar-refractivity contribution in [3.63, 3.8) is 0 Å². The summed E-state index contributed by atoms with van der Waals surface area (Å²) in [4.78, 5) is 23.0. The van der Waals surface area contributed by atoms with Gasteiger partial charge in [-0.05, 0) is 38.5 Å². The van der Waals surface area contributed by atoms with E-state index in [0.717, 1.165) is 11.3 Å². The number of nitrogens with one attached hydrogen (secondary N) is 2. The van der Waals surface area contributed by atoms with E-state index in [9.17, 15) is 9.59 Å². The number of urea groups is 1. The standard InChI is InChI=1S/C17H23N5O3/c1-11(2)25-15-6-4-5-13(7-15)12(3)20-17(24)21-14-8-19-22(9-14)10-16(18)23/h4-9,11-12H,10H2,1-3H3,(H2,18,23)(H2,20,21,24)/t12-/m0/s1. The number of nitrogens with two attached hydrogens (primary N) is 1. The molecule has 0 fully saturated rings. The summed E-state index contributed by atoms with van der Waals surface area (Å²) in [6, 6.07) is 7.00. The molecule has 8 heteroatoms. The van der Waals surface area contributed by atoms with Gasteiger partial charge in [0.25, 0.3) is 0 Å². The van der Waals surface area contributed by atoms with E-state index in [-0.39, 0.29) is 24.7 Å². The molecule has 1 aromatic heterocycles. The molecule has 0 unspecified atom stereocenters. The van der Waals surface area contributed by atoms with E-state index in [4.69, 9.17) is 10.5 Å². The number of rotatable bonds is 7. The number of carbonyl (C=O) groups excluding carboxylic acids is 2. The third kappa shape index (κ3) is 5.83. The van der Waals surface area contributed by atoms with E-state index in [1.807, 2.05) is 45.0 Å². The van der Waals surface area contributed by atoms with E-state index in [1.54, 1.807) is 0 Å². The fraction of sp³-hybridized carbons (Fsp3) is 0.353. The van der Waals surface area contributed by atoms with Gasteiger partial charge in [0, 0.05) is 6.20 Å². The van der Waals surface area contributed by atoms with Gasteiger partial charge in [0.1, 0.15) is 12.3 Å². The van der Waals surface area contributed by atoms with Gasteiger partial charge in [0.05, 0.1) is 24.0 Å². The van der Waals surface area contributed by atoms with Crippen LogP contribution in [0, 0.1) is 0 Å². The van der Waals surface area contributed by atoms with Gasteiger partial charge < -0.3 is 21.1 Å². The lowest BCUT2D eigenvalue weighted by Crippen LogP contribution is -2.31. The fourth-order valence-electron chi connectivity index (χ4n) is 2.25. The molecule has 3 amide bonds. The Balaban J connectivity index is 1.93. The van der Waals surface area contributed by atoms with Gasteiger partial charge in [-0.3, -0.25) is 9.48 Å². The molecule has 0 aliphatic rings. The van der Waals surface area contributed by atoms with E-state index in [0.29, 0.717) is 5.69 Å². The van der Waals surface area contributed by atoms with Crippen molar-refractivity contribution >= 4 is 17.6 Å². The lowest BCUT2D eigenvalue weighted by molar-refractivity contribution is -0.118. The van der Waals surface area contributed by atoms with E-state index in [2.05, 4.69) is 15.7 Å². The molecule has 0 radical (unpaired) electrons. The molecule has 0 bridgehead atoms. The van der Waals surface area contributed by atoms with Crippen molar-refractivity contribution in [1.29, 1.82) is 0 Å². The second-order valence-corrected chi connectivity index (χ2v) is 5.95. The Hall–Kier alpha value is -3.03. The van der Waals surface area contributed by atoms with Crippen LogP contribution in [0.4, 0.5) is 10.5 Å². The summed E-state index contributed by atoms with van der Waals surface area (Å²) in [6.07, 6.45) is 3.06. The summed E-state index contributed by atoms with van der Waals surface area (Å²) in [5, 5.41) is 9.45. The first-order valence-corrected chi connectivity index (χ1v) is 7.98. The SMILES string of the molecule is CC(C)Oc1cccc([C@H](C)NC(=O)Nc2cnn(CC(N)=O)c2)c1. The Morgan fingerprint density at radius 2 is 2.08 bits per heavy atom. The Kier molecular flexibility index (Phi) is 5.99. The highest BCUT2D eigenvalue weighted by Crippen LogP contribution is 2.20. The van der Waals surface area contributed by atoms with Gasteiger partial charge >= 0.3 is 6.03 Å². The molecule has 25 heavy (non-hydrogen) atoms. The molecule has 2 rings (SSSR count). The second kappa shape index (κ2) is 8.18. The van der Waals surface area contributed by atoms with E-state index in [1.165, 1.54) is 17.1 Å². The zero-order chi connectivity index (χ0) is 18.4. The number of benzene rings is 1. The highest BCUT2D eigenvalue weighted by molar-refractivity contribution is 5.89. The van der Waals surface area contributed by atoms with Crippen molar-refractivity contribution in [1.82, 2.24) is 15.1 Å². The first-order chi connectivity index (χ1) is 11.8. The van der Waals surface area contributed by atoms with Crippen LogP contribution in [0.25, 0.3) is 0 Å². The Morgan fingerprint density at radius 3 is 2.76 bits per heavy atom. The van der Waals surface area contributed by atoms with E-state index < -0.39 is 5.91 Å². The number of nitrogens with zero attached hydrogens (tertiary/aromatic N) is 2. The summed E-state index contributed by atoms with van der Waals surface area (Å²) in [5.74, 6) is 0.255. The first-order valence-electron chi connectivity index (χ1n) is 7.98. The summed E-state index contributed by atoms with van der Waals surface area (Å²) < 4.78 is 7.02. The quantitative estimate of drug-likeness (QED) is 0.713. The maximum absolute atomic E-state index is 12.1. The lowest BCUT2D eigenvalue weighted by Gasteiger charge is -2.16. The van der Waals surface area contributed by atoms with Crippen molar-refractivity contribution in [3.05, 3.63) is 42.2 Å².